The Morgan fingerprint density at radius 1 is 1.30 bits per heavy atom. The molecule has 23 heavy (non-hydrogen) atoms. The molecule has 118 valence electrons. The van der Waals surface area contributed by atoms with Crippen LogP contribution in [0.2, 0.25) is 0 Å². The monoisotopic (exact) mass is 312 g/mol. The average molecular weight is 312 g/mol. The number of ketones is 1. The van der Waals surface area contributed by atoms with Crippen LogP contribution in [0.4, 0.5) is 0 Å². The van der Waals surface area contributed by atoms with E-state index in [0.717, 1.165) is 12.8 Å². The van der Waals surface area contributed by atoms with E-state index in [4.69, 9.17) is 4.42 Å². The third-order valence-corrected chi connectivity index (χ3v) is 3.72. The number of oxazole rings is 1. The SMILES string of the molecule is CCCCn1cc(C(=O)c2ccc3ocnc3c2O)ccc1=O. The number of phenolic OH excluding ortho intramolecular Hbond substituents is 1. The highest BCUT2D eigenvalue weighted by atomic mass is 16.3. The summed E-state index contributed by atoms with van der Waals surface area (Å²) in [5.74, 6) is -0.579. The second-order valence-electron chi connectivity index (χ2n) is 5.29. The second-order valence-corrected chi connectivity index (χ2v) is 5.29. The van der Waals surface area contributed by atoms with Crippen molar-refractivity contribution in [2.24, 2.45) is 0 Å². The van der Waals surface area contributed by atoms with Gasteiger partial charge in [-0.2, -0.15) is 0 Å². The van der Waals surface area contributed by atoms with Crippen LogP contribution >= 0.6 is 0 Å². The van der Waals surface area contributed by atoms with E-state index in [9.17, 15) is 14.7 Å². The first-order valence-corrected chi connectivity index (χ1v) is 7.42. The smallest absolute Gasteiger partial charge is 0.250 e. The number of nitrogens with zero attached hydrogens (tertiary/aromatic N) is 2. The normalized spacial score (nSPS) is 11.0. The number of fused-ring (bicyclic) bond motifs is 1. The second kappa shape index (κ2) is 6.08. The van der Waals surface area contributed by atoms with Crippen molar-refractivity contribution in [3.05, 3.63) is 58.3 Å². The zero-order valence-electron chi connectivity index (χ0n) is 12.7. The molecule has 3 rings (SSSR count). The Morgan fingerprint density at radius 3 is 2.91 bits per heavy atom. The molecule has 6 heteroatoms. The minimum absolute atomic E-state index is 0.132. The van der Waals surface area contributed by atoms with Crippen LogP contribution in [-0.4, -0.2) is 20.4 Å². The van der Waals surface area contributed by atoms with Gasteiger partial charge in [0, 0.05) is 24.4 Å². The molecule has 0 bridgehead atoms. The highest BCUT2D eigenvalue weighted by Crippen LogP contribution is 2.29. The van der Waals surface area contributed by atoms with Gasteiger partial charge < -0.3 is 14.1 Å². The number of aryl methyl sites for hydroxylation is 1. The van der Waals surface area contributed by atoms with Gasteiger partial charge in [-0.3, -0.25) is 9.59 Å². The molecule has 2 aromatic heterocycles. The Kier molecular flexibility index (Phi) is 3.97. The zero-order valence-corrected chi connectivity index (χ0v) is 12.7. The number of pyridine rings is 1. The Hall–Kier alpha value is -2.89. The molecular weight excluding hydrogens is 296 g/mol. The lowest BCUT2D eigenvalue weighted by molar-refractivity contribution is 0.103. The maximum Gasteiger partial charge on any atom is 0.250 e. The topological polar surface area (TPSA) is 85.3 Å². The van der Waals surface area contributed by atoms with E-state index in [1.165, 1.54) is 35.4 Å². The summed E-state index contributed by atoms with van der Waals surface area (Å²) < 4.78 is 6.61. The molecular formula is C17H16N2O4. The molecule has 0 atom stereocenters. The summed E-state index contributed by atoms with van der Waals surface area (Å²) >= 11 is 0. The van der Waals surface area contributed by atoms with Gasteiger partial charge in [0.1, 0.15) is 0 Å². The first-order chi connectivity index (χ1) is 11.1. The molecule has 0 saturated carbocycles. The molecule has 1 N–H and O–H groups in total. The van der Waals surface area contributed by atoms with E-state index in [1.54, 1.807) is 6.07 Å². The third kappa shape index (κ3) is 2.75. The van der Waals surface area contributed by atoms with Crippen LogP contribution in [0.1, 0.15) is 35.7 Å². The molecule has 0 radical (unpaired) electrons. The lowest BCUT2D eigenvalue weighted by atomic mass is 10.0. The third-order valence-electron chi connectivity index (χ3n) is 3.72. The highest BCUT2D eigenvalue weighted by Gasteiger charge is 2.18. The maximum atomic E-state index is 12.6. The fourth-order valence-electron chi connectivity index (χ4n) is 2.42. The lowest BCUT2D eigenvalue weighted by Crippen LogP contribution is -2.20. The number of carbonyl (C=O) groups excluding carboxylic acids is 1. The summed E-state index contributed by atoms with van der Waals surface area (Å²) in [5, 5.41) is 10.2. The maximum absolute atomic E-state index is 12.6. The van der Waals surface area contributed by atoms with Gasteiger partial charge in [-0.1, -0.05) is 13.3 Å². The molecule has 0 aliphatic heterocycles. The van der Waals surface area contributed by atoms with E-state index in [2.05, 4.69) is 4.98 Å². The molecule has 0 aliphatic rings. The molecule has 0 unspecified atom stereocenters. The van der Waals surface area contributed by atoms with Crippen molar-refractivity contribution in [1.29, 1.82) is 0 Å². The van der Waals surface area contributed by atoms with Crippen LogP contribution in [0.5, 0.6) is 5.75 Å². The summed E-state index contributed by atoms with van der Waals surface area (Å²) in [4.78, 5) is 28.4. The number of hydrogen-bond donors (Lipinski definition) is 1. The molecule has 1 aromatic carbocycles. The molecule has 0 amide bonds. The Morgan fingerprint density at radius 2 is 2.13 bits per heavy atom. The number of hydrogen-bond acceptors (Lipinski definition) is 5. The van der Waals surface area contributed by atoms with Gasteiger partial charge in [-0.05, 0) is 24.6 Å². The molecule has 2 heterocycles. The minimum atomic E-state index is -0.363. The predicted molar refractivity (Wildman–Crippen MR) is 84.7 cm³/mol. The molecule has 0 spiro atoms. The molecule has 0 aliphatic carbocycles. The lowest BCUT2D eigenvalue weighted by Gasteiger charge is -2.08. The summed E-state index contributed by atoms with van der Waals surface area (Å²) in [6, 6.07) is 5.92. The van der Waals surface area contributed by atoms with Crippen LogP contribution in [-0.2, 0) is 6.54 Å². The fourth-order valence-corrected chi connectivity index (χ4v) is 2.42. The Bertz CT molecular complexity index is 924. The van der Waals surface area contributed by atoms with Gasteiger partial charge in [0.05, 0.1) is 5.56 Å². The fraction of sp³-hybridized carbons (Fsp3) is 0.235. The van der Waals surface area contributed by atoms with E-state index in [1.807, 2.05) is 6.92 Å². The van der Waals surface area contributed by atoms with Crippen molar-refractivity contribution in [3.63, 3.8) is 0 Å². The number of rotatable bonds is 5. The van der Waals surface area contributed by atoms with E-state index < -0.39 is 0 Å². The van der Waals surface area contributed by atoms with Gasteiger partial charge in [0.25, 0.3) is 5.56 Å². The van der Waals surface area contributed by atoms with Crippen molar-refractivity contribution in [3.8, 4) is 5.75 Å². The Labute approximate surface area is 132 Å². The zero-order chi connectivity index (χ0) is 16.4. The average Bonchev–Trinajstić information content (AvgIpc) is 3.03. The number of unbranched alkanes of at least 4 members (excludes halogenated alkanes) is 1. The van der Waals surface area contributed by atoms with Gasteiger partial charge in [0.15, 0.2) is 29.0 Å². The van der Waals surface area contributed by atoms with E-state index in [-0.39, 0.29) is 28.2 Å². The molecule has 6 nitrogen and oxygen atoms in total. The number of aromatic nitrogens is 2. The summed E-state index contributed by atoms with van der Waals surface area (Å²) in [6.45, 7) is 2.59. The molecule has 0 fully saturated rings. The van der Waals surface area contributed by atoms with E-state index in [0.29, 0.717) is 17.7 Å². The summed E-state index contributed by atoms with van der Waals surface area (Å²) in [6.07, 6.45) is 4.55. The number of phenols is 1. The van der Waals surface area contributed by atoms with Crippen LogP contribution in [0.3, 0.4) is 0 Å². The number of aromatic hydroxyl groups is 1. The van der Waals surface area contributed by atoms with Crippen molar-refractivity contribution in [1.82, 2.24) is 9.55 Å². The van der Waals surface area contributed by atoms with Crippen LogP contribution < -0.4 is 5.56 Å². The summed E-state index contributed by atoms with van der Waals surface area (Å²) in [5.41, 5.74) is 0.985. The van der Waals surface area contributed by atoms with Crippen LogP contribution in [0, 0.1) is 0 Å². The standard InChI is InChI=1S/C17H16N2O4/c1-2-3-8-19-9-11(4-7-14(19)20)16(21)12-5-6-13-15(17(12)22)18-10-23-13/h4-7,9-10,22H,2-3,8H2,1H3. The van der Waals surface area contributed by atoms with Crippen molar-refractivity contribution >= 4 is 16.9 Å². The first-order valence-electron chi connectivity index (χ1n) is 7.42. The van der Waals surface area contributed by atoms with Gasteiger partial charge >= 0.3 is 0 Å². The minimum Gasteiger partial charge on any atom is -0.505 e. The van der Waals surface area contributed by atoms with Crippen molar-refractivity contribution in [2.45, 2.75) is 26.3 Å². The van der Waals surface area contributed by atoms with Crippen molar-refractivity contribution < 1.29 is 14.3 Å². The molecule has 0 saturated heterocycles. The van der Waals surface area contributed by atoms with Gasteiger partial charge in [0.2, 0.25) is 0 Å². The van der Waals surface area contributed by atoms with Crippen LogP contribution in [0.15, 0.2) is 46.1 Å². The van der Waals surface area contributed by atoms with Gasteiger partial charge in [-0.15, -0.1) is 0 Å². The molecule has 3 aromatic rings. The number of carbonyl (C=O) groups is 1. The van der Waals surface area contributed by atoms with E-state index >= 15 is 0 Å². The number of benzene rings is 1. The van der Waals surface area contributed by atoms with Crippen molar-refractivity contribution in [2.75, 3.05) is 0 Å². The largest absolute Gasteiger partial charge is 0.505 e. The summed E-state index contributed by atoms with van der Waals surface area (Å²) in [7, 11) is 0. The Balaban J connectivity index is 2.01. The van der Waals surface area contributed by atoms with Gasteiger partial charge in [-0.25, -0.2) is 4.98 Å². The quantitative estimate of drug-likeness (QED) is 0.732. The highest BCUT2D eigenvalue weighted by molar-refractivity contribution is 6.12. The predicted octanol–water partition coefficient (Wildman–Crippen LogP) is 2.73. The first kappa shape index (κ1) is 15.0. The van der Waals surface area contributed by atoms with Crippen LogP contribution in [0.25, 0.3) is 11.1 Å².